The van der Waals surface area contributed by atoms with Crippen LogP contribution in [0.1, 0.15) is 18.7 Å². The molecule has 1 aliphatic heterocycles. The number of para-hydroxylation sites is 1. The molecule has 110 valence electrons. The molecule has 0 saturated heterocycles. The molecule has 1 aromatic heterocycles. The van der Waals surface area contributed by atoms with E-state index in [0.717, 1.165) is 0 Å². The minimum Gasteiger partial charge on any atom is -0.485 e. The van der Waals surface area contributed by atoms with E-state index in [4.69, 9.17) is 20.8 Å². The number of aromatic nitrogens is 2. The summed E-state index contributed by atoms with van der Waals surface area (Å²) in [6.45, 7) is 4.04. The Morgan fingerprint density at radius 2 is 2.29 bits per heavy atom. The molecule has 1 aliphatic rings. The monoisotopic (exact) mass is 307 g/mol. The van der Waals surface area contributed by atoms with Crippen LogP contribution in [0.4, 0.5) is 5.69 Å². The summed E-state index contributed by atoms with van der Waals surface area (Å²) in [5, 5.41) is 8.07. The Bertz CT molecular complexity index is 686. The Morgan fingerprint density at radius 1 is 1.48 bits per heavy atom. The number of halogens is 1. The molecule has 6 nitrogen and oxygen atoms in total. The van der Waals surface area contributed by atoms with Crippen LogP contribution in [0.25, 0.3) is 0 Å². The first-order valence-electron chi connectivity index (χ1n) is 6.59. The number of anilines is 1. The number of rotatable bonds is 2. The fourth-order valence-electron chi connectivity index (χ4n) is 2.29. The van der Waals surface area contributed by atoms with Gasteiger partial charge in [-0.25, -0.2) is 0 Å². The maximum atomic E-state index is 12.5. The number of amides is 1. The lowest BCUT2D eigenvalue weighted by atomic mass is 10.2. The van der Waals surface area contributed by atoms with E-state index in [0.29, 0.717) is 34.8 Å². The van der Waals surface area contributed by atoms with Gasteiger partial charge in [-0.3, -0.25) is 4.79 Å². The first kappa shape index (κ1) is 13.9. The summed E-state index contributed by atoms with van der Waals surface area (Å²) in [6.07, 6.45) is -0.0785. The van der Waals surface area contributed by atoms with Crippen molar-refractivity contribution in [3.05, 3.63) is 35.0 Å². The van der Waals surface area contributed by atoms with Crippen molar-refractivity contribution in [2.45, 2.75) is 26.4 Å². The van der Waals surface area contributed by atoms with Crippen LogP contribution in [-0.4, -0.2) is 28.8 Å². The molecular weight excluding hydrogens is 294 g/mol. The summed E-state index contributed by atoms with van der Waals surface area (Å²) in [4.78, 5) is 14.1. The summed E-state index contributed by atoms with van der Waals surface area (Å²) in [6, 6.07) is 5.34. The van der Waals surface area contributed by atoms with Crippen molar-refractivity contribution < 1.29 is 13.9 Å². The van der Waals surface area contributed by atoms with Gasteiger partial charge in [-0.2, -0.15) is 0 Å². The lowest BCUT2D eigenvalue weighted by molar-refractivity contribution is -0.118. The van der Waals surface area contributed by atoms with E-state index in [1.807, 2.05) is 13.0 Å². The molecule has 3 rings (SSSR count). The van der Waals surface area contributed by atoms with Crippen LogP contribution in [0.3, 0.4) is 0 Å². The third-order valence-corrected chi connectivity index (χ3v) is 3.46. The van der Waals surface area contributed by atoms with Gasteiger partial charge in [-0.1, -0.05) is 17.7 Å². The number of ether oxygens (including phenoxy) is 1. The van der Waals surface area contributed by atoms with Crippen LogP contribution >= 0.6 is 11.6 Å². The van der Waals surface area contributed by atoms with Gasteiger partial charge in [0.1, 0.15) is 12.5 Å². The van der Waals surface area contributed by atoms with E-state index >= 15 is 0 Å². The van der Waals surface area contributed by atoms with Crippen LogP contribution in [0.15, 0.2) is 22.6 Å². The zero-order valence-electron chi connectivity index (χ0n) is 11.7. The number of benzene rings is 1. The fraction of sp³-hybridized carbons (Fsp3) is 0.357. The van der Waals surface area contributed by atoms with Crippen LogP contribution in [0, 0.1) is 6.92 Å². The van der Waals surface area contributed by atoms with E-state index in [-0.39, 0.29) is 18.4 Å². The van der Waals surface area contributed by atoms with Crippen molar-refractivity contribution in [2.24, 2.45) is 0 Å². The molecule has 0 N–H and O–H groups in total. The minimum absolute atomic E-state index is 0.0551. The Balaban J connectivity index is 1.88. The van der Waals surface area contributed by atoms with Gasteiger partial charge in [-0.15, -0.1) is 10.2 Å². The summed E-state index contributed by atoms with van der Waals surface area (Å²) in [5.74, 6) is 1.15. The van der Waals surface area contributed by atoms with Gasteiger partial charge in [0.15, 0.2) is 5.75 Å². The van der Waals surface area contributed by atoms with E-state index in [1.54, 1.807) is 24.0 Å². The average Bonchev–Trinajstić information content (AvgIpc) is 2.84. The number of carbonyl (C=O) groups is 1. The number of aryl methyl sites for hydroxylation is 1. The highest BCUT2D eigenvalue weighted by atomic mass is 35.5. The zero-order chi connectivity index (χ0) is 15.0. The summed E-state index contributed by atoms with van der Waals surface area (Å²) in [5.41, 5.74) is 0.668. The smallest absolute Gasteiger partial charge is 0.236 e. The predicted octanol–water partition coefficient (Wildman–Crippen LogP) is 2.39. The number of hydrogen-bond donors (Lipinski definition) is 0. The SMILES string of the molecule is Cc1nnc(CC(=O)N2C[C@@H](C)Oc3c(Cl)cccc32)o1. The van der Waals surface area contributed by atoms with Crippen molar-refractivity contribution in [3.63, 3.8) is 0 Å². The highest BCUT2D eigenvalue weighted by Gasteiger charge is 2.29. The largest absolute Gasteiger partial charge is 0.485 e. The maximum absolute atomic E-state index is 12.5. The maximum Gasteiger partial charge on any atom is 0.236 e. The summed E-state index contributed by atoms with van der Waals surface area (Å²) < 4.78 is 11.0. The minimum atomic E-state index is -0.134. The second kappa shape index (κ2) is 5.37. The average molecular weight is 308 g/mol. The number of hydrogen-bond acceptors (Lipinski definition) is 5. The third kappa shape index (κ3) is 2.71. The Hall–Kier alpha value is -2.08. The highest BCUT2D eigenvalue weighted by molar-refractivity contribution is 6.32. The molecule has 2 heterocycles. The summed E-state index contributed by atoms with van der Waals surface area (Å²) in [7, 11) is 0. The molecule has 21 heavy (non-hydrogen) atoms. The molecular formula is C14H14ClN3O3. The van der Waals surface area contributed by atoms with Gasteiger partial charge >= 0.3 is 0 Å². The van der Waals surface area contributed by atoms with Crippen molar-refractivity contribution in [3.8, 4) is 5.75 Å². The number of carbonyl (C=O) groups excluding carboxylic acids is 1. The molecule has 2 aromatic rings. The molecule has 0 unspecified atom stereocenters. The molecule has 0 saturated carbocycles. The molecule has 0 aliphatic carbocycles. The molecule has 1 atom stereocenters. The van der Waals surface area contributed by atoms with Gasteiger partial charge in [0.25, 0.3) is 0 Å². The van der Waals surface area contributed by atoms with E-state index in [2.05, 4.69) is 10.2 Å². The van der Waals surface area contributed by atoms with E-state index < -0.39 is 0 Å². The van der Waals surface area contributed by atoms with Crippen LogP contribution < -0.4 is 9.64 Å². The van der Waals surface area contributed by atoms with Gasteiger partial charge in [0.05, 0.1) is 17.3 Å². The van der Waals surface area contributed by atoms with Gasteiger partial charge in [0, 0.05) is 6.92 Å². The van der Waals surface area contributed by atoms with Crippen LogP contribution in [-0.2, 0) is 11.2 Å². The van der Waals surface area contributed by atoms with Gasteiger partial charge in [0.2, 0.25) is 17.7 Å². The zero-order valence-corrected chi connectivity index (χ0v) is 12.4. The molecule has 1 amide bonds. The lowest BCUT2D eigenvalue weighted by Gasteiger charge is -2.33. The summed E-state index contributed by atoms with van der Waals surface area (Å²) >= 11 is 6.14. The molecule has 7 heteroatoms. The molecule has 0 bridgehead atoms. The normalized spacial score (nSPS) is 17.3. The standard InChI is InChI=1S/C14H14ClN3O3/c1-8-7-18(11-5-3-4-10(15)14(11)20-8)13(19)6-12-17-16-9(2)21-12/h3-5,8H,6-7H2,1-2H3/t8-/m1/s1. The first-order chi connectivity index (χ1) is 10.0. The second-order valence-electron chi connectivity index (χ2n) is 4.91. The van der Waals surface area contributed by atoms with Crippen molar-refractivity contribution >= 4 is 23.2 Å². The van der Waals surface area contributed by atoms with E-state index in [1.165, 1.54) is 0 Å². The quantitative estimate of drug-likeness (QED) is 0.852. The fourth-order valence-corrected chi connectivity index (χ4v) is 2.50. The number of nitrogens with zero attached hydrogens (tertiary/aromatic N) is 3. The van der Waals surface area contributed by atoms with Crippen molar-refractivity contribution in [1.29, 1.82) is 0 Å². The number of fused-ring (bicyclic) bond motifs is 1. The Labute approximate surface area is 126 Å². The van der Waals surface area contributed by atoms with Crippen LogP contribution in [0.5, 0.6) is 5.75 Å². The van der Waals surface area contributed by atoms with Gasteiger partial charge in [-0.05, 0) is 19.1 Å². The van der Waals surface area contributed by atoms with Crippen molar-refractivity contribution in [2.75, 3.05) is 11.4 Å². The van der Waals surface area contributed by atoms with E-state index in [9.17, 15) is 4.79 Å². The first-order valence-corrected chi connectivity index (χ1v) is 6.97. The predicted molar refractivity (Wildman–Crippen MR) is 76.6 cm³/mol. The molecule has 0 radical (unpaired) electrons. The van der Waals surface area contributed by atoms with Crippen molar-refractivity contribution in [1.82, 2.24) is 10.2 Å². The van der Waals surface area contributed by atoms with Gasteiger partial charge < -0.3 is 14.1 Å². The topological polar surface area (TPSA) is 68.5 Å². The Kier molecular flexibility index (Phi) is 3.55. The second-order valence-corrected chi connectivity index (χ2v) is 5.32. The Morgan fingerprint density at radius 3 is 3.00 bits per heavy atom. The molecule has 1 aromatic carbocycles. The molecule has 0 spiro atoms. The third-order valence-electron chi connectivity index (χ3n) is 3.17. The lowest BCUT2D eigenvalue weighted by Crippen LogP contribution is -2.43. The highest BCUT2D eigenvalue weighted by Crippen LogP contribution is 2.39. The molecule has 0 fully saturated rings. The van der Waals surface area contributed by atoms with Crippen LogP contribution in [0.2, 0.25) is 5.02 Å².